The van der Waals surface area contributed by atoms with E-state index in [0.717, 1.165) is 18.4 Å². The molecule has 0 heterocycles. The van der Waals surface area contributed by atoms with Gasteiger partial charge in [0, 0.05) is 12.6 Å². The highest BCUT2D eigenvalue weighted by Crippen LogP contribution is 2.33. The van der Waals surface area contributed by atoms with Crippen molar-refractivity contribution in [3.05, 3.63) is 23.8 Å². The van der Waals surface area contributed by atoms with Crippen molar-refractivity contribution in [3.8, 4) is 0 Å². The van der Waals surface area contributed by atoms with E-state index in [4.69, 9.17) is 5.73 Å². The third kappa shape index (κ3) is 2.84. The summed E-state index contributed by atoms with van der Waals surface area (Å²) >= 11 is 0. The summed E-state index contributed by atoms with van der Waals surface area (Å²) in [5.41, 5.74) is 5.85. The topological polar surface area (TPSA) is 38.0 Å². The Kier molecular flexibility index (Phi) is 3.27. The number of anilines is 2. The zero-order valence-electron chi connectivity index (χ0n) is 9.10. The minimum Gasteiger partial charge on any atom is -0.395 e. The number of nitrogens with one attached hydrogen (secondary N) is 1. The van der Waals surface area contributed by atoms with Crippen molar-refractivity contribution in [2.45, 2.75) is 25.7 Å². The fourth-order valence-corrected chi connectivity index (χ4v) is 1.75. The molecule has 3 N–H and O–H groups in total. The lowest BCUT2D eigenvalue weighted by Gasteiger charge is -2.09. The van der Waals surface area contributed by atoms with E-state index < -0.39 is 11.6 Å². The van der Waals surface area contributed by atoms with Crippen LogP contribution in [0.5, 0.6) is 0 Å². The van der Waals surface area contributed by atoms with E-state index in [-0.39, 0.29) is 5.69 Å². The summed E-state index contributed by atoms with van der Waals surface area (Å²) in [6, 6.07) is 2.03. The summed E-state index contributed by atoms with van der Waals surface area (Å²) in [5.74, 6) is -0.426. The summed E-state index contributed by atoms with van der Waals surface area (Å²) < 4.78 is 26.0. The number of hydrogen-bond acceptors (Lipinski definition) is 2. The zero-order chi connectivity index (χ0) is 11.5. The summed E-state index contributed by atoms with van der Waals surface area (Å²) in [6.45, 7) is 0.712. The van der Waals surface area contributed by atoms with Gasteiger partial charge in [0.1, 0.15) is 5.82 Å². The Morgan fingerprint density at radius 2 is 2.06 bits per heavy atom. The van der Waals surface area contributed by atoms with Crippen LogP contribution in [0.2, 0.25) is 0 Å². The number of rotatable bonds is 5. The molecule has 2 rings (SSSR count). The maximum atomic E-state index is 13.1. The Morgan fingerprint density at radius 3 is 2.75 bits per heavy atom. The molecule has 1 saturated carbocycles. The molecule has 1 aliphatic rings. The predicted octanol–water partition coefficient (Wildman–Crippen LogP) is 3.15. The van der Waals surface area contributed by atoms with E-state index >= 15 is 0 Å². The molecule has 1 fully saturated rings. The highest BCUT2D eigenvalue weighted by atomic mass is 19.1. The Hall–Kier alpha value is -1.32. The average molecular weight is 226 g/mol. The van der Waals surface area contributed by atoms with Crippen molar-refractivity contribution in [2.75, 3.05) is 17.6 Å². The second-order valence-corrected chi connectivity index (χ2v) is 4.36. The second-order valence-electron chi connectivity index (χ2n) is 4.36. The molecule has 0 aromatic heterocycles. The van der Waals surface area contributed by atoms with Gasteiger partial charge >= 0.3 is 0 Å². The maximum absolute atomic E-state index is 13.1. The van der Waals surface area contributed by atoms with Crippen molar-refractivity contribution < 1.29 is 8.78 Å². The van der Waals surface area contributed by atoms with Gasteiger partial charge in [0.2, 0.25) is 0 Å². The first-order valence-corrected chi connectivity index (χ1v) is 5.65. The number of nitrogen functional groups attached to an aromatic ring is 1. The maximum Gasteiger partial charge on any atom is 0.151 e. The molecule has 0 saturated heterocycles. The van der Waals surface area contributed by atoms with E-state index in [1.807, 2.05) is 0 Å². The Bertz CT molecular complexity index is 376. The fraction of sp³-hybridized carbons (Fsp3) is 0.500. The second kappa shape index (κ2) is 4.68. The Labute approximate surface area is 93.8 Å². The lowest BCUT2D eigenvalue weighted by Crippen LogP contribution is -2.06. The third-order valence-corrected chi connectivity index (χ3v) is 2.90. The first-order valence-electron chi connectivity index (χ1n) is 5.65. The van der Waals surface area contributed by atoms with Crippen LogP contribution in [0.25, 0.3) is 0 Å². The number of benzene rings is 1. The van der Waals surface area contributed by atoms with Crippen LogP contribution in [0, 0.1) is 17.6 Å². The molecule has 0 atom stereocenters. The summed E-state index contributed by atoms with van der Waals surface area (Å²) in [4.78, 5) is 0. The molecular formula is C12H16F2N2. The monoisotopic (exact) mass is 226 g/mol. The van der Waals surface area contributed by atoms with Gasteiger partial charge in [-0.15, -0.1) is 0 Å². The number of nitrogens with two attached hydrogens (primary N) is 1. The molecule has 4 heteroatoms. The van der Waals surface area contributed by atoms with Gasteiger partial charge in [-0.3, -0.25) is 0 Å². The van der Waals surface area contributed by atoms with Crippen molar-refractivity contribution >= 4 is 11.4 Å². The van der Waals surface area contributed by atoms with Gasteiger partial charge in [-0.25, -0.2) is 8.78 Å². The lowest BCUT2D eigenvalue weighted by molar-refractivity contribution is 0.586. The predicted molar refractivity (Wildman–Crippen MR) is 61.2 cm³/mol. The van der Waals surface area contributed by atoms with Crippen LogP contribution < -0.4 is 11.1 Å². The van der Waals surface area contributed by atoms with Crippen LogP contribution in [0.15, 0.2) is 12.1 Å². The molecule has 2 nitrogen and oxygen atoms in total. The molecule has 0 spiro atoms. The third-order valence-electron chi connectivity index (χ3n) is 2.90. The van der Waals surface area contributed by atoms with Gasteiger partial charge in [-0.1, -0.05) is 12.8 Å². The summed E-state index contributed by atoms with van der Waals surface area (Å²) in [7, 11) is 0. The highest BCUT2D eigenvalue weighted by Gasteiger charge is 2.20. The van der Waals surface area contributed by atoms with Crippen LogP contribution in [0.3, 0.4) is 0 Å². The van der Waals surface area contributed by atoms with Gasteiger partial charge < -0.3 is 11.1 Å². The average Bonchev–Trinajstić information content (AvgIpc) is 3.03. The van der Waals surface area contributed by atoms with Gasteiger partial charge in [0.15, 0.2) is 5.82 Å². The normalized spacial score (nSPS) is 15.1. The molecule has 0 aliphatic heterocycles. The van der Waals surface area contributed by atoms with Crippen molar-refractivity contribution in [1.29, 1.82) is 0 Å². The molecule has 1 aromatic carbocycles. The minimum atomic E-state index is -0.704. The van der Waals surface area contributed by atoms with Crippen molar-refractivity contribution in [2.24, 2.45) is 5.92 Å². The molecule has 0 bridgehead atoms. The summed E-state index contributed by atoms with van der Waals surface area (Å²) in [6.07, 6.45) is 4.86. The molecule has 0 amide bonds. The first kappa shape index (κ1) is 11.2. The van der Waals surface area contributed by atoms with Crippen LogP contribution in [0.4, 0.5) is 20.2 Å². The number of halogens is 2. The van der Waals surface area contributed by atoms with Crippen LogP contribution >= 0.6 is 0 Å². The van der Waals surface area contributed by atoms with E-state index in [0.29, 0.717) is 12.2 Å². The van der Waals surface area contributed by atoms with Crippen LogP contribution in [-0.2, 0) is 0 Å². The smallest absolute Gasteiger partial charge is 0.151 e. The van der Waals surface area contributed by atoms with E-state index in [1.165, 1.54) is 25.3 Å². The van der Waals surface area contributed by atoms with Crippen molar-refractivity contribution in [3.63, 3.8) is 0 Å². The molecule has 16 heavy (non-hydrogen) atoms. The van der Waals surface area contributed by atoms with Gasteiger partial charge in [0.05, 0.1) is 11.4 Å². The van der Waals surface area contributed by atoms with Gasteiger partial charge in [-0.2, -0.15) is 0 Å². The van der Waals surface area contributed by atoms with Crippen LogP contribution in [0.1, 0.15) is 25.7 Å². The standard InChI is InChI=1S/C12H16F2N2/c13-9-6-10(14)12(15)11(7-9)16-5-1-2-8-3-4-8/h6-8,16H,1-5,15H2. The Balaban J connectivity index is 1.86. The van der Waals surface area contributed by atoms with E-state index in [9.17, 15) is 8.78 Å². The molecule has 0 unspecified atom stereocenters. The SMILES string of the molecule is Nc1c(F)cc(F)cc1NCCCC1CC1. The van der Waals surface area contributed by atoms with Crippen LogP contribution in [-0.4, -0.2) is 6.54 Å². The zero-order valence-corrected chi connectivity index (χ0v) is 9.10. The fourth-order valence-electron chi connectivity index (χ4n) is 1.75. The van der Waals surface area contributed by atoms with E-state index in [1.54, 1.807) is 0 Å². The molecular weight excluding hydrogens is 210 g/mol. The highest BCUT2D eigenvalue weighted by molar-refractivity contribution is 5.66. The van der Waals surface area contributed by atoms with Gasteiger partial charge in [-0.05, 0) is 24.8 Å². The largest absolute Gasteiger partial charge is 0.395 e. The van der Waals surface area contributed by atoms with Gasteiger partial charge in [0.25, 0.3) is 0 Å². The quantitative estimate of drug-likeness (QED) is 0.598. The molecule has 1 aromatic rings. The lowest BCUT2D eigenvalue weighted by atomic mass is 10.2. The first-order chi connectivity index (χ1) is 7.66. The summed E-state index contributed by atoms with van der Waals surface area (Å²) in [5, 5.41) is 2.97. The van der Waals surface area contributed by atoms with E-state index in [2.05, 4.69) is 5.32 Å². The van der Waals surface area contributed by atoms with Crippen molar-refractivity contribution in [1.82, 2.24) is 0 Å². The molecule has 0 radical (unpaired) electrons. The number of hydrogen-bond donors (Lipinski definition) is 2. The molecule has 1 aliphatic carbocycles. The molecule has 88 valence electrons. The minimum absolute atomic E-state index is 0.00665. The Morgan fingerprint density at radius 1 is 1.31 bits per heavy atom.